The van der Waals surface area contributed by atoms with E-state index in [-0.39, 0.29) is 42.5 Å². The SMILES string of the molecule is O=S(=O)(c1cc(-c2ccnn2-c2ccccc2Cl)c(O)cc1O)N1CCOCC1. The zero-order chi connectivity index (χ0) is 20.6. The van der Waals surface area contributed by atoms with Crippen LogP contribution in [0.5, 0.6) is 11.5 Å². The van der Waals surface area contributed by atoms with Gasteiger partial charge in [-0.25, -0.2) is 13.1 Å². The van der Waals surface area contributed by atoms with E-state index in [1.807, 2.05) is 0 Å². The Bertz CT molecular complexity index is 1160. The minimum absolute atomic E-state index is 0.190. The van der Waals surface area contributed by atoms with Crippen LogP contribution in [-0.4, -0.2) is 59.0 Å². The van der Waals surface area contributed by atoms with Gasteiger partial charge in [0.2, 0.25) is 10.0 Å². The normalized spacial score (nSPS) is 15.5. The molecule has 8 nitrogen and oxygen atoms in total. The summed E-state index contributed by atoms with van der Waals surface area (Å²) in [4.78, 5) is -0.292. The smallest absolute Gasteiger partial charge is 0.246 e. The fraction of sp³-hybridized carbons (Fsp3) is 0.211. The third-order valence-electron chi connectivity index (χ3n) is 4.66. The monoisotopic (exact) mass is 435 g/mol. The van der Waals surface area contributed by atoms with Crippen LogP contribution in [0.25, 0.3) is 16.9 Å². The molecule has 2 N–H and O–H groups in total. The number of halogens is 1. The Morgan fingerprint density at radius 3 is 2.48 bits per heavy atom. The number of benzene rings is 2. The highest BCUT2D eigenvalue weighted by atomic mass is 35.5. The Balaban J connectivity index is 1.85. The molecule has 1 saturated heterocycles. The van der Waals surface area contributed by atoms with Crippen molar-refractivity contribution in [2.45, 2.75) is 4.90 Å². The van der Waals surface area contributed by atoms with Gasteiger partial charge in [0.1, 0.15) is 16.4 Å². The van der Waals surface area contributed by atoms with E-state index in [2.05, 4.69) is 5.10 Å². The van der Waals surface area contributed by atoms with E-state index in [9.17, 15) is 18.6 Å². The average molecular weight is 436 g/mol. The van der Waals surface area contributed by atoms with Crippen molar-refractivity contribution in [2.75, 3.05) is 26.3 Å². The summed E-state index contributed by atoms with van der Waals surface area (Å²) in [6, 6.07) is 10.9. The molecule has 10 heteroatoms. The van der Waals surface area contributed by atoms with Crippen molar-refractivity contribution in [2.24, 2.45) is 0 Å². The topological polar surface area (TPSA) is 105 Å². The number of nitrogens with zero attached hydrogens (tertiary/aromatic N) is 3. The Morgan fingerprint density at radius 1 is 1.03 bits per heavy atom. The maximum atomic E-state index is 13.0. The molecule has 1 aliphatic rings. The molecule has 0 unspecified atom stereocenters. The van der Waals surface area contributed by atoms with Gasteiger partial charge in [-0.15, -0.1) is 0 Å². The van der Waals surface area contributed by atoms with Gasteiger partial charge in [0.05, 0.1) is 35.8 Å². The second-order valence-electron chi connectivity index (χ2n) is 6.43. The number of rotatable bonds is 4. The number of hydrogen-bond donors (Lipinski definition) is 2. The summed E-state index contributed by atoms with van der Waals surface area (Å²) >= 11 is 6.27. The number of sulfonamides is 1. The van der Waals surface area contributed by atoms with Gasteiger partial charge in [-0.2, -0.15) is 9.40 Å². The molecule has 29 heavy (non-hydrogen) atoms. The van der Waals surface area contributed by atoms with E-state index in [4.69, 9.17) is 16.3 Å². The van der Waals surface area contributed by atoms with Gasteiger partial charge in [0.25, 0.3) is 0 Å². The minimum Gasteiger partial charge on any atom is -0.507 e. The largest absolute Gasteiger partial charge is 0.507 e. The number of para-hydroxylation sites is 1. The lowest BCUT2D eigenvalue weighted by molar-refractivity contribution is 0.0729. The second-order valence-corrected chi connectivity index (χ2v) is 8.75. The van der Waals surface area contributed by atoms with E-state index in [1.165, 1.54) is 21.3 Å². The van der Waals surface area contributed by atoms with Crippen LogP contribution in [0, 0.1) is 0 Å². The summed E-state index contributed by atoms with van der Waals surface area (Å²) in [5.41, 5.74) is 1.19. The first-order valence-corrected chi connectivity index (χ1v) is 10.6. The van der Waals surface area contributed by atoms with E-state index in [1.54, 1.807) is 30.3 Å². The Hall–Kier alpha value is -2.59. The maximum absolute atomic E-state index is 13.0. The predicted molar refractivity (Wildman–Crippen MR) is 107 cm³/mol. The molecule has 0 amide bonds. The number of phenolic OH excluding ortho intramolecular Hbond substituents is 2. The van der Waals surface area contributed by atoms with E-state index >= 15 is 0 Å². The molecule has 0 radical (unpaired) electrons. The van der Waals surface area contributed by atoms with Crippen LogP contribution in [0.4, 0.5) is 0 Å². The van der Waals surface area contributed by atoms with Crippen LogP contribution >= 0.6 is 11.6 Å². The molecule has 1 aromatic heterocycles. The van der Waals surface area contributed by atoms with Crippen molar-refractivity contribution in [3.8, 4) is 28.4 Å². The van der Waals surface area contributed by atoms with Gasteiger partial charge in [-0.3, -0.25) is 0 Å². The first kappa shape index (κ1) is 19.7. The van der Waals surface area contributed by atoms with Gasteiger partial charge in [0, 0.05) is 24.7 Å². The molecule has 0 bridgehead atoms. The first-order chi connectivity index (χ1) is 13.9. The highest BCUT2D eigenvalue weighted by molar-refractivity contribution is 7.89. The summed E-state index contributed by atoms with van der Waals surface area (Å²) < 4.78 is 34.0. The van der Waals surface area contributed by atoms with Gasteiger partial charge in [-0.1, -0.05) is 23.7 Å². The molecule has 0 spiro atoms. The van der Waals surface area contributed by atoms with E-state index in [0.717, 1.165) is 6.07 Å². The van der Waals surface area contributed by atoms with Crippen LogP contribution in [0.1, 0.15) is 0 Å². The summed E-state index contributed by atoms with van der Waals surface area (Å²) in [7, 11) is -3.97. The number of morpholine rings is 1. The minimum atomic E-state index is -3.97. The second kappa shape index (κ2) is 7.68. The number of hydrogen-bond acceptors (Lipinski definition) is 6. The molecular weight excluding hydrogens is 418 g/mol. The average Bonchev–Trinajstić information content (AvgIpc) is 3.18. The van der Waals surface area contributed by atoms with Gasteiger partial charge < -0.3 is 14.9 Å². The Labute approximate surface area is 172 Å². The lowest BCUT2D eigenvalue weighted by Gasteiger charge is -2.26. The van der Waals surface area contributed by atoms with Gasteiger partial charge in [-0.05, 0) is 24.3 Å². The van der Waals surface area contributed by atoms with Crippen molar-refractivity contribution in [1.29, 1.82) is 0 Å². The number of aromatic nitrogens is 2. The zero-order valence-electron chi connectivity index (χ0n) is 15.2. The lowest BCUT2D eigenvalue weighted by atomic mass is 10.1. The van der Waals surface area contributed by atoms with Gasteiger partial charge in [0.15, 0.2) is 0 Å². The van der Waals surface area contributed by atoms with Crippen molar-refractivity contribution < 1.29 is 23.4 Å². The molecule has 0 aliphatic carbocycles. The van der Waals surface area contributed by atoms with Crippen LogP contribution in [0.15, 0.2) is 53.6 Å². The molecular formula is C19H18ClN3O5S. The third-order valence-corrected chi connectivity index (χ3v) is 6.91. The van der Waals surface area contributed by atoms with E-state index < -0.39 is 15.8 Å². The Morgan fingerprint density at radius 2 is 1.76 bits per heavy atom. The fourth-order valence-electron chi connectivity index (χ4n) is 3.22. The molecule has 3 aromatic rings. The molecule has 4 rings (SSSR count). The van der Waals surface area contributed by atoms with Gasteiger partial charge >= 0.3 is 0 Å². The van der Waals surface area contributed by atoms with Crippen LogP contribution < -0.4 is 0 Å². The molecule has 152 valence electrons. The van der Waals surface area contributed by atoms with Crippen LogP contribution in [0.3, 0.4) is 0 Å². The van der Waals surface area contributed by atoms with Crippen molar-refractivity contribution in [3.63, 3.8) is 0 Å². The highest BCUT2D eigenvalue weighted by Gasteiger charge is 2.30. The lowest BCUT2D eigenvalue weighted by Crippen LogP contribution is -2.40. The maximum Gasteiger partial charge on any atom is 0.246 e. The number of aromatic hydroxyl groups is 2. The molecule has 2 heterocycles. The van der Waals surface area contributed by atoms with Crippen molar-refractivity contribution in [3.05, 3.63) is 53.7 Å². The van der Waals surface area contributed by atoms with Crippen molar-refractivity contribution in [1.82, 2.24) is 14.1 Å². The third kappa shape index (κ3) is 3.58. The molecule has 2 aromatic carbocycles. The summed E-state index contributed by atoms with van der Waals surface area (Å²) in [5, 5.41) is 25.4. The van der Waals surface area contributed by atoms with E-state index in [0.29, 0.717) is 16.4 Å². The molecule has 0 atom stereocenters. The summed E-state index contributed by atoms with van der Waals surface area (Å²) in [6.45, 7) is 0.944. The van der Waals surface area contributed by atoms with Crippen LogP contribution in [0.2, 0.25) is 5.02 Å². The standard InChI is InChI=1S/C19H18ClN3O5S/c20-14-3-1-2-4-16(14)23-15(5-6-21-23)13-11-19(18(25)12-17(13)24)29(26,27)22-7-9-28-10-8-22/h1-6,11-12,24-25H,7-10H2. The zero-order valence-corrected chi connectivity index (χ0v) is 16.8. The first-order valence-electron chi connectivity index (χ1n) is 8.83. The molecule has 1 fully saturated rings. The molecule has 0 saturated carbocycles. The summed E-state index contributed by atoms with van der Waals surface area (Å²) in [5.74, 6) is -0.807. The fourth-order valence-corrected chi connectivity index (χ4v) is 4.93. The highest BCUT2D eigenvalue weighted by Crippen LogP contribution is 2.39. The number of ether oxygens (including phenoxy) is 1. The quantitative estimate of drug-likeness (QED) is 0.652. The van der Waals surface area contributed by atoms with Crippen molar-refractivity contribution >= 4 is 21.6 Å². The predicted octanol–water partition coefficient (Wildman–Crippen LogP) is 2.62. The Kier molecular flexibility index (Phi) is 5.22. The number of phenols is 2. The van der Waals surface area contributed by atoms with Crippen LogP contribution in [-0.2, 0) is 14.8 Å². The summed E-state index contributed by atoms with van der Waals surface area (Å²) in [6.07, 6.45) is 1.51. The molecule has 1 aliphatic heterocycles.